The Morgan fingerprint density at radius 3 is 2.33 bits per heavy atom. The molecule has 6 heteroatoms. The summed E-state index contributed by atoms with van der Waals surface area (Å²) in [6.45, 7) is 4.36. The van der Waals surface area contributed by atoms with Crippen molar-refractivity contribution in [2.24, 2.45) is 0 Å². The summed E-state index contributed by atoms with van der Waals surface area (Å²) in [6, 6.07) is 3.90. The van der Waals surface area contributed by atoms with E-state index in [1.807, 2.05) is 12.1 Å². The van der Waals surface area contributed by atoms with E-state index in [1.54, 1.807) is 5.17 Å². The number of halogens is 3. The first-order chi connectivity index (χ1) is 7.08. The first kappa shape index (κ1) is 11.4. The van der Waals surface area contributed by atoms with E-state index in [1.165, 1.54) is 0 Å². The third kappa shape index (κ3) is 2.38. The summed E-state index contributed by atoms with van der Waals surface area (Å²) in [7, 11) is 0. The van der Waals surface area contributed by atoms with E-state index in [2.05, 4.69) is 59.8 Å². The van der Waals surface area contributed by atoms with Gasteiger partial charge in [0.25, 0.3) is 0 Å². The highest BCUT2D eigenvalue weighted by Crippen LogP contribution is 2.37. The molecular weight excluding hydrogens is 392 g/mol. The fraction of sp³-hybridized carbons (Fsp3) is 0.111. The summed E-state index contributed by atoms with van der Waals surface area (Å²) in [5.74, 6) is 0.691. The first-order valence-corrected chi connectivity index (χ1v) is 6.50. The van der Waals surface area contributed by atoms with Crippen LogP contribution < -0.4 is 10.6 Å². The van der Waals surface area contributed by atoms with Crippen molar-refractivity contribution in [2.45, 2.75) is 0 Å². The monoisotopic (exact) mass is 396 g/mol. The quantitative estimate of drug-likeness (QED) is 0.779. The summed E-state index contributed by atoms with van der Waals surface area (Å²) in [6.07, 6.45) is 0. The maximum Gasteiger partial charge on any atom is 0.142 e. The zero-order valence-electron chi connectivity index (χ0n) is 7.56. The van der Waals surface area contributed by atoms with Crippen molar-refractivity contribution < 1.29 is 4.84 Å². The third-order valence-corrected chi connectivity index (χ3v) is 3.49. The van der Waals surface area contributed by atoms with Crippen LogP contribution in [0.4, 0.5) is 5.69 Å². The van der Waals surface area contributed by atoms with Gasteiger partial charge in [0.1, 0.15) is 11.4 Å². The average molecular weight is 399 g/mol. The van der Waals surface area contributed by atoms with Crippen LogP contribution in [-0.2, 0) is 4.84 Å². The van der Waals surface area contributed by atoms with Crippen molar-refractivity contribution in [1.29, 1.82) is 0 Å². The normalized spacial score (nSPS) is 15.7. The lowest BCUT2D eigenvalue weighted by Crippen LogP contribution is -2.29. The Morgan fingerprint density at radius 1 is 1.27 bits per heavy atom. The first-order valence-electron chi connectivity index (χ1n) is 4.12. The lowest BCUT2D eigenvalue weighted by atomic mass is 10.3. The molecule has 0 aromatic heterocycles. The fourth-order valence-electron chi connectivity index (χ4n) is 1.21. The van der Waals surface area contributed by atoms with Crippen molar-refractivity contribution in [3.8, 4) is 0 Å². The molecule has 0 atom stereocenters. The average Bonchev–Trinajstić information content (AvgIpc) is 2.49. The Kier molecular flexibility index (Phi) is 3.39. The smallest absolute Gasteiger partial charge is 0.142 e. The molecule has 0 spiro atoms. The van der Waals surface area contributed by atoms with Gasteiger partial charge in [-0.05, 0) is 44.0 Å². The van der Waals surface area contributed by atoms with Crippen LogP contribution in [-0.4, -0.2) is 6.54 Å². The van der Waals surface area contributed by atoms with Crippen molar-refractivity contribution in [2.75, 3.05) is 11.7 Å². The van der Waals surface area contributed by atoms with Gasteiger partial charge in [0.2, 0.25) is 0 Å². The molecule has 1 aliphatic rings. The van der Waals surface area contributed by atoms with Crippen molar-refractivity contribution in [3.05, 3.63) is 37.9 Å². The minimum absolute atomic E-state index is 0.620. The van der Waals surface area contributed by atoms with Gasteiger partial charge in [-0.3, -0.25) is 0 Å². The van der Waals surface area contributed by atoms with Gasteiger partial charge >= 0.3 is 0 Å². The Morgan fingerprint density at radius 2 is 1.87 bits per heavy atom. The molecule has 1 aromatic carbocycles. The molecule has 1 aromatic rings. The zero-order chi connectivity index (χ0) is 11.0. The van der Waals surface area contributed by atoms with E-state index >= 15 is 0 Å². The molecule has 1 fully saturated rings. The lowest BCUT2D eigenvalue weighted by Gasteiger charge is -2.19. The van der Waals surface area contributed by atoms with Gasteiger partial charge in [0.05, 0.1) is 6.54 Å². The van der Waals surface area contributed by atoms with Gasteiger partial charge < -0.3 is 4.84 Å². The van der Waals surface area contributed by atoms with Gasteiger partial charge in [-0.25, -0.2) is 0 Å². The minimum atomic E-state index is 0.620. The van der Waals surface area contributed by atoms with E-state index in [4.69, 9.17) is 4.84 Å². The molecule has 15 heavy (non-hydrogen) atoms. The number of nitrogens with zero attached hydrogens (tertiary/aromatic N) is 1. The predicted molar refractivity (Wildman–Crippen MR) is 70.2 cm³/mol. The maximum absolute atomic E-state index is 5.40. The maximum atomic E-state index is 5.40. The van der Waals surface area contributed by atoms with Crippen LogP contribution in [0.3, 0.4) is 0 Å². The van der Waals surface area contributed by atoms with E-state index in [9.17, 15) is 0 Å². The highest BCUT2D eigenvalue weighted by atomic mass is 79.9. The van der Waals surface area contributed by atoms with Crippen LogP contribution in [0.5, 0.6) is 0 Å². The second-order valence-corrected chi connectivity index (χ2v) is 5.60. The van der Waals surface area contributed by atoms with Crippen molar-refractivity contribution in [3.63, 3.8) is 0 Å². The van der Waals surface area contributed by atoms with Crippen LogP contribution >= 0.6 is 47.8 Å². The van der Waals surface area contributed by atoms with Crippen LogP contribution in [0.25, 0.3) is 0 Å². The number of rotatable bonds is 1. The van der Waals surface area contributed by atoms with Crippen LogP contribution in [0.1, 0.15) is 0 Å². The van der Waals surface area contributed by atoms with Gasteiger partial charge in [0, 0.05) is 13.4 Å². The van der Waals surface area contributed by atoms with Gasteiger partial charge in [-0.15, -0.1) is 5.17 Å². The van der Waals surface area contributed by atoms with Crippen LogP contribution in [0.15, 0.2) is 37.9 Å². The molecular formula is C9H7Br3N2O. The molecule has 80 valence electrons. The highest BCUT2D eigenvalue weighted by molar-refractivity contribution is 9.11. The second kappa shape index (κ2) is 4.45. The molecule has 0 radical (unpaired) electrons. The molecule has 3 nitrogen and oxygen atoms in total. The van der Waals surface area contributed by atoms with Gasteiger partial charge in [-0.2, -0.15) is 5.43 Å². The van der Waals surface area contributed by atoms with E-state index < -0.39 is 0 Å². The SMILES string of the molecule is C=C1CNN(c2c(Br)cc(Br)cc2Br)O1. The molecule has 1 saturated heterocycles. The fourth-order valence-corrected chi connectivity index (χ4v) is 3.79. The topological polar surface area (TPSA) is 24.5 Å². The number of anilines is 1. The molecule has 1 N–H and O–H groups in total. The largest absolute Gasteiger partial charge is 0.368 e. The summed E-state index contributed by atoms with van der Waals surface area (Å²) in [4.78, 5) is 5.40. The number of benzene rings is 1. The van der Waals surface area contributed by atoms with Crippen molar-refractivity contribution >= 4 is 53.5 Å². The lowest BCUT2D eigenvalue weighted by molar-refractivity contribution is 0.212. The Labute approximate surface area is 113 Å². The molecule has 0 amide bonds. The number of hydrogen-bond donors (Lipinski definition) is 1. The summed E-state index contributed by atoms with van der Waals surface area (Å²) in [5, 5.41) is 1.59. The molecule has 0 aliphatic carbocycles. The van der Waals surface area contributed by atoms with Crippen LogP contribution in [0, 0.1) is 0 Å². The second-order valence-electron chi connectivity index (χ2n) is 2.98. The van der Waals surface area contributed by atoms with Crippen molar-refractivity contribution in [1.82, 2.24) is 5.43 Å². The zero-order valence-corrected chi connectivity index (χ0v) is 12.3. The standard InChI is InChI=1S/C9H7Br3N2O/c1-5-4-13-14(15-5)9-7(11)2-6(10)3-8(9)12/h2-3,13H,1,4H2. The Hall–Kier alpha value is -0.0400. The number of nitrogens with one attached hydrogen (secondary N) is 1. The van der Waals surface area contributed by atoms with Gasteiger partial charge in [-0.1, -0.05) is 22.5 Å². The molecule has 2 rings (SSSR count). The summed E-state index contributed by atoms with van der Waals surface area (Å²) >= 11 is 10.4. The molecule has 1 aliphatic heterocycles. The van der Waals surface area contributed by atoms with Crippen LogP contribution in [0.2, 0.25) is 0 Å². The number of hydrazine groups is 1. The summed E-state index contributed by atoms with van der Waals surface area (Å²) < 4.78 is 2.83. The van der Waals surface area contributed by atoms with Gasteiger partial charge in [0.15, 0.2) is 0 Å². The molecule has 0 unspecified atom stereocenters. The third-order valence-electron chi connectivity index (χ3n) is 1.82. The molecule has 1 heterocycles. The van der Waals surface area contributed by atoms with E-state index in [0.717, 1.165) is 19.1 Å². The number of hydrogen-bond acceptors (Lipinski definition) is 3. The Balaban J connectivity index is 2.39. The van der Waals surface area contributed by atoms with E-state index in [-0.39, 0.29) is 0 Å². The summed E-state index contributed by atoms with van der Waals surface area (Å²) in [5.41, 5.74) is 3.95. The predicted octanol–water partition coefficient (Wildman–Crippen LogP) is 3.74. The minimum Gasteiger partial charge on any atom is -0.368 e. The Bertz CT molecular complexity index is 399. The molecule has 0 bridgehead atoms. The molecule has 0 saturated carbocycles. The van der Waals surface area contributed by atoms with E-state index in [0.29, 0.717) is 12.3 Å². The highest BCUT2D eigenvalue weighted by Gasteiger charge is 2.21.